The van der Waals surface area contributed by atoms with Gasteiger partial charge in [0, 0.05) is 30.5 Å². The first-order valence-corrected chi connectivity index (χ1v) is 6.63. The van der Waals surface area contributed by atoms with E-state index < -0.39 is 0 Å². The highest BCUT2D eigenvalue weighted by molar-refractivity contribution is 5.28. The lowest BCUT2D eigenvalue weighted by Crippen LogP contribution is -2.42. The van der Waals surface area contributed by atoms with Crippen molar-refractivity contribution in [3.8, 4) is 0 Å². The van der Waals surface area contributed by atoms with Crippen LogP contribution < -0.4 is 5.32 Å². The van der Waals surface area contributed by atoms with Gasteiger partial charge in [0.05, 0.1) is 0 Å². The van der Waals surface area contributed by atoms with E-state index in [0.29, 0.717) is 12.1 Å². The van der Waals surface area contributed by atoms with Crippen LogP contribution in [-0.2, 0) is 0 Å². The maximum Gasteiger partial charge on any atom is 0.223 e. The van der Waals surface area contributed by atoms with Gasteiger partial charge in [0.2, 0.25) is 5.95 Å². The standard InChI is InChI=1S/C13H20N4/c1-10-5-7-14-13(15-10)16-11-6-9-17-8-3-2-4-12(11)17/h5,7,11-12H,2-4,6,8-9H2,1H3,(H,14,15,16)/t11-,12-/m0/s1. The van der Waals surface area contributed by atoms with Crippen LogP contribution in [0.3, 0.4) is 0 Å². The van der Waals surface area contributed by atoms with Gasteiger partial charge in [-0.2, -0.15) is 0 Å². The normalized spacial score (nSPS) is 29.0. The van der Waals surface area contributed by atoms with Gasteiger partial charge < -0.3 is 5.32 Å². The van der Waals surface area contributed by atoms with E-state index in [1.165, 1.54) is 38.8 Å². The van der Waals surface area contributed by atoms with E-state index >= 15 is 0 Å². The summed E-state index contributed by atoms with van der Waals surface area (Å²) in [5.41, 5.74) is 1.03. The molecule has 2 fully saturated rings. The van der Waals surface area contributed by atoms with Crippen molar-refractivity contribution in [2.45, 2.75) is 44.7 Å². The van der Waals surface area contributed by atoms with Gasteiger partial charge >= 0.3 is 0 Å². The minimum Gasteiger partial charge on any atom is -0.350 e. The summed E-state index contributed by atoms with van der Waals surface area (Å²) < 4.78 is 0. The van der Waals surface area contributed by atoms with Crippen molar-refractivity contribution >= 4 is 5.95 Å². The van der Waals surface area contributed by atoms with Crippen molar-refractivity contribution in [1.82, 2.24) is 14.9 Å². The molecule has 92 valence electrons. The number of piperidine rings is 1. The molecule has 0 saturated carbocycles. The molecule has 4 heteroatoms. The summed E-state index contributed by atoms with van der Waals surface area (Å²) in [5.74, 6) is 0.794. The topological polar surface area (TPSA) is 41.1 Å². The molecule has 2 saturated heterocycles. The van der Waals surface area contributed by atoms with Crippen LogP contribution in [0.2, 0.25) is 0 Å². The molecule has 0 aliphatic carbocycles. The third kappa shape index (κ3) is 2.27. The second-order valence-electron chi connectivity index (χ2n) is 5.16. The Labute approximate surface area is 102 Å². The van der Waals surface area contributed by atoms with E-state index in [-0.39, 0.29) is 0 Å². The summed E-state index contributed by atoms with van der Waals surface area (Å²) >= 11 is 0. The van der Waals surface area contributed by atoms with Crippen molar-refractivity contribution in [3.05, 3.63) is 18.0 Å². The molecule has 1 aromatic heterocycles. The van der Waals surface area contributed by atoms with Crippen molar-refractivity contribution in [1.29, 1.82) is 0 Å². The number of nitrogens with one attached hydrogen (secondary N) is 1. The fraction of sp³-hybridized carbons (Fsp3) is 0.692. The number of aromatic nitrogens is 2. The Morgan fingerprint density at radius 2 is 2.24 bits per heavy atom. The van der Waals surface area contributed by atoms with E-state index in [1.807, 2.05) is 19.2 Å². The van der Waals surface area contributed by atoms with Gasteiger partial charge in [-0.1, -0.05) is 6.42 Å². The van der Waals surface area contributed by atoms with Crippen LogP contribution in [0.15, 0.2) is 12.3 Å². The predicted molar refractivity (Wildman–Crippen MR) is 68.0 cm³/mol. The molecule has 0 spiro atoms. The molecular formula is C13H20N4. The van der Waals surface area contributed by atoms with Crippen LogP contribution in [0.4, 0.5) is 5.95 Å². The summed E-state index contributed by atoms with van der Waals surface area (Å²) in [7, 11) is 0. The van der Waals surface area contributed by atoms with Crippen molar-refractivity contribution in [2.24, 2.45) is 0 Å². The summed E-state index contributed by atoms with van der Waals surface area (Å²) in [6.07, 6.45) is 7.11. The molecule has 0 amide bonds. The zero-order chi connectivity index (χ0) is 11.7. The van der Waals surface area contributed by atoms with E-state index in [2.05, 4.69) is 20.2 Å². The van der Waals surface area contributed by atoms with Crippen LogP contribution >= 0.6 is 0 Å². The summed E-state index contributed by atoms with van der Waals surface area (Å²) in [6, 6.07) is 3.18. The maximum absolute atomic E-state index is 4.43. The van der Waals surface area contributed by atoms with Gasteiger partial charge in [0.15, 0.2) is 0 Å². The highest BCUT2D eigenvalue weighted by Gasteiger charge is 2.35. The molecule has 3 heterocycles. The van der Waals surface area contributed by atoms with Gasteiger partial charge in [-0.15, -0.1) is 0 Å². The first-order valence-electron chi connectivity index (χ1n) is 6.63. The Bertz CT molecular complexity index is 393. The molecule has 2 aliphatic rings. The third-order valence-corrected chi connectivity index (χ3v) is 3.97. The lowest BCUT2D eigenvalue weighted by molar-refractivity contribution is 0.192. The van der Waals surface area contributed by atoms with Crippen molar-refractivity contribution < 1.29 is 0 Å². The average Bonchev–Trinajstić information content (AvgIpc) is 2.73. The van der Waals surface area contributed by atoms with Crippen molar-refractivity contribution in [3.63, 3.8) is 0 Å². The SMILES string of the molecule is Cc1ccnc(N[C@H]2CCN3CCCC[C@@H]23)n1. The minimum atomic E-state index is 0.539. The van der Waals surface area contributed by atoms with Crippen molar-refractivity contribution in [2.75, 3.05) is 18.4 Å². The predicted octanol–water partition coefficient (Wildman–Crippen LogP) is 1.82. The maximum atomic E-state index is 4.43. The highest BCUT2D eigenvalue weighted by Crippen LogP contribution is 2.28. The van der Waals surface area contributed by atoms with Crippen LogP contribution in [0.5, 0.6) is 0 Å². The Morgan fingerprint density at radius 3 is 3.12 bits per heavy atom. The smallest absolute Gasteiger partial charge is 0.223 e. The van der Waals surface area contributed by atoms with E-state index in [1.54, 1.807) is 0 Å². The number of hydrogen-bond acceptors (Lipinski definition) is 4. The first kappa shape index (κ1) is 11.0. The number of rotatable bonds is 2. The highest BCUT2D eigenvalue weighted by atomic mass is 15.2. The van der Waals surface area contributed by atoms with Crippen LogP contribution in [0.1, 0.15) is 31.4 Å². The zero-order valence-electron chi connectivity index (χ0n) is 10.4. The van der Waals surface area contributed by atoms with Gasteiger partial charge in [-0.3, -0.25) is 4.90 Å². The van der Waals surface area contributed by atoms with Crippen LogP contribution in [-0.4, -0.2) is 40.0 Å². The second-order valence-corrected chi connectivity index (χ2v) is 5.16. The van der Waals surface area contributed by atoms with E-state index in [4.69, 9.17) is 0 Å². The monoisotopic (exact) mass is 232 g/mol. The number of nitrogens with zero attached hydrogens (tertiary/aromatic N) is 3. The molecule has 4 nitrogen and oxygen atoms in total. The largest absolute Gasteiger partial charge is 0.350 e. The molecule has 0 aromatic carbocycles. The van der Waals surface area contributed by atoms with Gasteiger partial charge in [-0.05, 0) is 38.8 Å². The molecule has 0 unspecified atom stereocenters. The zero-order valence-corrected chi connectivity index (χ0v) is 10.4. The number of anilines is 1. The summed E-state index contributed by atoms with van der Waals surface area (Å²) in [4.78, 5) is 11.4. The van der Waals surface area contributed by atoms with Crippen LogP contribution in [0.25, 0.3) is 0 Å². The summed E-state index contributed by atoms with van der Waals surface area (Å²) in [6.45, 7) is 4.51. The molecule has 17 heavy (non-hydrogen) atoms. The average molecular weight is 232 g/mol. The van der Waals surface area contributed by atoms with Gasteiger partial charge in [-0.25, -0.2) is 9.97 Å². The number of aryl methyl sites for hydroxylation is 1. The molecule has 3 rings (SSSR count). The minimum absolute atomic E-state index is 0.539. The molecular weight excluding hydrogens is 212 g/mol. The molecule has 1 N–H and O–H groups in total. The lowest BCUT2D eigenvalue weighted by atomic mass is 9.99. The summed E-state index contributed by atoms with van der Waals surface area (Å²) in [5, 5.41) is 3.52. The Hall–Kier alpha value is -1.16. The number of hydrogen-bond donors (Lipinski definition) is 1. The fourth-order valence-corrected chi connectivity index (χ4v) is 3.10. The molecule has 2 aliphatic heterocycles. The Kier molecular flexibility index (Phi) is 2.97. The molecule has 2 atom stereocenters. The van der Waals surface area contributed by atoms with Crippen LogP contribution in [0, 0.1) is 6.92 Å². The molecule has 1 aromatic rings. The Morgan fingerprint density at radius 1 is 1.29 bits per heavy atom. The quantitative estimate of drug-likeness (QED) is 0.844. The van der Waals surface area contributed by atoms with Gasteiger partial charge in [0.1, 0.15) is 0 Å². The van der Waals surface area contributed by atoms with Gasteiger partial charge in [0.25, 0.3) is 0 Å². The van der Waals surface area contributed by atoms with E-state index in [0.717, 1.165) is 11.6 Å². The van der Waals surface area contributed by atoms with E-state index in [9.17, 15) is 0 Å². The Balaban J connectivity index is 1.69. The fourth-order valence-electron chi connectivity index (χ4n) is 3.10. The number of fused-ring (bicyclic) bond motifs is 1. The molecule has 0 radical (unpaired) electrons. The molecule has 0 bridgehead atoms. The third-order valence-electron chi connectivity index (χ3n) is 3.97. The first-order chi connectivity index (χ1) is 8.33. The lowest BCUT2D eigenvalue weighted by Gasteiger charge is -2.32. The second kappa shape index (κ2) is 4.61.